The Kier molecular flexibility index (Phi) is 6.70. The molecule has 0 aromatic rings. The van der Waals surface area contributed by atoms with Gasteiger partial charge in [0, 0.05) is 12.5 Å². The van der Waals surface area contributed by atoms with E-state index in [1.54, 1.807) is 0 Å². The molecule has 0 aliphatic rings. The van der Waals surface area contributed by atoms with Crippen molar-refractivity contribution in [2.75, 3.05) is 0 Å². The van der Waals surface area contributed by atoms with Gasteiger partial charge in [-0.05, 0) is 12.8 Å². The molecule has 14 heavy (non-hydrogen) atoms. The Morgan fingerprint density at radius 2 is 2.00 bits per heavy atom. The van der Waals surface area contributed by atoms with Gasteiger partial charge in [-0.15, -0.1) is 0 Å². The summed E-state index contributed by atoms with van der Waals surface area (Å²) in [7, 11) is 0. The van der Waals surface area contributed by atoms with Gasteiger partial charge in [0.2, 0.25) is 0 Å². The maximum Gasteiger partial charge on any atom is 0.149 e. The van der Waals surface area contributed by atoms with Crippen LogP contribution in [0.3, 0.4) is 0 Å². The van der Waals surface area contributed by atoms with Crippen LogP contribution >= 0.6 is 0 Å². The summed E-state index contributed by atoms with van der Waals surface area (Å²) in [6.45, 7) is 5.83. The molecule has 84 valence electrons. The van der Waals surface area contributed by atoms with Crippen molar-refractivity contribution in [1.29, 1.82) is 0 Å². The number of ketones is 1. The number of carbonyl (C=O) groups is 1. The van der Waals surface area contributed by atoms with Gasteiger partial charge in [-0.2, -0.15) is 0 Å². The van der Waals surface area contributed by atoms with Crippen molar-refractivity contribution in [1.82, 2.24) is 5.32 Å². The van der Waals surface area contributed by atoms with Gasteiger partial charge < -0.3 is 16.2 Å². The van der Waals surface area contributed by atoms with E-state index >= 15 is 0 Å². The number of nitrogens with two attached hydrogens (primary N) is 1. The summed E-state index contributed by atoms with van der Waals surface area (Å²) in [5.41, 5.74) is 5.23. The van der Waals surface area contributed by atoms with Gasteiger partial charge in [0.25, 0.3) is 0 Å². The SMILES string of the molecule is CCC(=O)[C@H](CCC(N)O)NC(C)C. The molecule has 4 N–H and O–H groups in total. The van der Waals surface area contributed by atoms with Gasteiger partial charge in [0.1, 0.15) is 12.0 Å². The van der Waals surface area contributed by atoms with E-state index in [1.165, 1.54) is 0 Å². The van der Waals surface area contributed by atoms with Crippen LogP contribution in [0.5, 0.6) is 0 Å². The molecule has 0 aromatic heterocycles. The fourth-order valence-corrected chi connectivity index (χ4v) is 1.32. The lowest BCUT2D eigenvalue weighted by molar-refractivity contribution is -0.121. The number of rotatable bonds is 7. The van der Waals surface area contributed by atoms with Crippen molar-refractivity contribution in [3.05, 3.63) is 0 Å². The fourth-order valence-electron chi connectivity index (χ4n) is 1.32. The molecule has 1 unspecified atom stereocenters. The van der Waals surface area contributed by atoms with Crippen LogP contribution < -0.4 is 11.1 Å². The average molecular weight is 202 g/mol. The molecule has 0 amide bonds. The smallest absolute Gasteiger partial charge is 0.149 e. The van der Waals surface area contributed by atoms with E-state index < -0.39 is 6.23 Å². The van der Waals surface area contributed by atoms with Crippen LogP contribution in [-0.2, 0) is 4.79 Å². The largest absolute Gasteiger partial charge is 0.379 e. The molecule has 0 aliphatic heterocycles. The first kappa shape index (κ1) is 13.5. The van der Waals surface area contributed by atoms with Crippen molar-refractivity contribution in [3.63, 3.8) is 0 Å². The highest BCUT2D eigenvalue weighted by Crippen LogP contribution is 2.03. The number of aliphatic hydroxyl groups excluding tert-OH is 1. The van der Waals surface area contributed by atoms with Crippen LogP contribution in [0, 0.1) is 0 Å². The van der Waals surface area contributed by atoms with E-state index in [1.807, 2.05) is 20.8 Å². The molecular weight excluding hydrogens is 180 g/mol. The summed E-state index contributed by atoms with van der Waals surface area (Å²) in [6, 6.07) is 0.101. The molecule has 0 spiro atoms. The highest BCUT2D eigenvalue weighted by atomic mass is 16.3. The molecule has 0 rings (SSSR count). The summed E-state index contributed by atoms with van der Waals surface area (Å²) in [5.74, 6) is 0.180. The Morgan fingerprint density at radius 1 is 1.43 bits per heavy atom. The topological polar surface area (TPSA) is 75.4 Å². The normalized spacial score (nSPS) is 15.6. The molecule has 0 radical (unpaired) electrons. The summed E-state index contributed by atoms with van der Waals surface area (Å²) in [5, 5.41) is 12.1. The highest BCUT2D eigenvalue weighted by Gasteiger charge is 2.17. The van der Waals surface area contributed by atoms with Crippen molar-refractivity contribution < 1.29 is 9.90 Å². The minimum absolute atomic E-state index is 0.168. The van der Waals surface area contributed by atoms with Gasteiger partial charge in [-0.3, -0.25) is 4.79 Å². The van der Waals surface area contributed by atoms with E-state index in [0.717, 1.165) is 0 Å². The van der Waals surface area contributed by atoms with E-state index in [4.69, 9.17) is 10.8 Å². The first-order valence-corrected chi connectivity index (χ1v) is 5.19. The summed E-state index contributed by atoms with van der Waals surface area (Å²) < 4.78 is 0. The second-order valence-corrected chi connectivity index (χ2v) is 3.84. The molecule has 0 bridgehead atoms. The van der Waals surface area contributed by atoms with Crippen molar-refractivity contribution >= 4 is 5.78 Å². The number of carbonyl (C=O) groups excluding carboxylic acids is 1. The van der Waals surface area contributed by atoms with Crippen LogP contribution in [0.25, 0.3) is 0 Å². The Morgan fingerprint density at radius 3 is 2.36 bits per heavy atom. The zero-order valence-electron chi connectivity index (χ0n) is 9.29. The van der Waals surface area contributed by atoms with Gasteiger partial charge in [-0.1, -0.05) is 20.8 Å². The third-order valence-electron chi connectivity index (χ3n) is 2.02. The van der Waals surface area contributed by atoms with Crippen LogP contribution in [0.2, 0.25) is 0 Å². The van der Waals surface area contributed by atoms with Crippen molar-refractivity contribution in [2.24, 2.45) is 5.73 Å². The van der Waals surface area contributed by atoms with Crippen molar-refractivity contribution in [3.8, 4) is 0 Å². The monoisotopic (exact) mass is 202 g/mol. The number of Topliss-reactive ketones (excluding diaryl/α,β-unsaturated/α-hetero) is 1. The number of hydrogen-bond donors (Lipinski definition) is 3. The summed E-state index contributed by atoms with van der Waals surface area (Å²) in [4.78, 5) is 11.5. The van der Waals surface area contributed by atoms with E-state index in [2.05, 4.69) is 5.32 Å². The fraction of sp³-hybridized carbons (Fsp3) is 0.900. The molecule has 0 saturated heterocycles. The van der Waals surface area contributed by atoms with Gasteiger partial charge in [0.05, 0.1) is 6.04 Å². The molecular formula is C10H22N2O2. The van der Waals surface area contributed by atoms with E-state index in [-0.39, 0.29) is 17.9 Å². The predicted octanol–water partition coefficient (Wildman–Crippen LogP) is 0.389. The Hall–Kier alpha value is -0.450. The minimum atomic E-state index is -0.823. The first-order chi connectivity index (χ1) is 6.47. The maximum atomic E-state index is 11.5. The van der Waals surface area contributed by atoms with Crippen molar-refractivity contribution in [2.45, 2.75) is 58.3 Å². The Labute approximate surface area is 85.9 Å². The Bertz CT molecular complexity index is 170. The highest BCUT2D eigenvalue weighted by molar-refractivity contribution is 5.83. The molecule has 0 fully saturated rings. The van der Waals surface area contributed by atoms with Gasteiger partial charge in [-0.25, -0.2) is 0 Å². The second-order valence-electron chi connectivity index (χ2n) is 3.84. The van der Waals surface area contributed by atoms with E-state index in [0.29, 0.717) is 19.3 Å². The molecule has 4 nitrogen and oxygen atoms in total. The number of hydrogen-bond acceptors (Lipinski definition) is 4. The maximum absolute atomic E-state index is 11.5. The summed E-state index contributed by atoms with van der Waals surface area (Å²) in [6.07, 6.45) is 0.750. The quantitative estimate of drug-likeness (QED) is 0.522. The minimum Gasteiger partial charge on any atom is -0.379 e. The van der Waals surface area contributed by atoms with Crippen LogP contribution in [0.15, 0.2) is 0 Å². The molecule has 0 aliphatic carbocycles. The van der Waals surface area contributed by atoms with Crippen LogP contribution in [-0.4, -0.2) is 29.2 Å². The average Bonchev–Trinajstić information content (AvgIpc) is 2.10. The lowest BCUT2D eigenvalue weighted by Gasteiger charge is -2.20. The zero-order chi connectivity index (χ0) is 11.1. The molecule has 4 heteroatoms. The summed E-state index contributed by atoms with van der Waals surface area (Å²) >= 11 is 0. The molecule has 0 aromatic carbocycles. The van der Waals surface area contributed by atoms with Gasteiger partial charge >= 0.3 is 0 Å². The van der Waals surface area contributed by atoms with E-state index in [9.17, 15) is 4.79 Å². The number of nitrogens with one attached hydrogen (secondary N) is 1. The second kappa shape index (κ2) is 6.92. The van der Waals surface area contributed by atoms with Crippen LogP contribution in [0.4, 0.5) is 0 Å². The molecule has 0 heterocycles. The predicted molar refractivity (Wildman–Crippen MR) is 56.8 cm³/mol. The van der Waals surface area contributed by atoms with Gasteiger partial charge in [0.15, 0.2) is 0 Å². The number of aliphatic hydroxyl groups is 1. The lowest BCUT2D eigenvalue weighted by Crippen LogP contribution is -2.41. The third-order valence-corrected chi connectivity index (χ3v) is 2.02. The molecule has 2 atom stereocenters. The Balaban J connectivity index is 4.04. The molecule has 0 saturated carbocycles. The zero-order valence-corrected chi connectivity index (χ0v) is 9.29. The first-order valence-electron chi connectivity index (χ1n) is 5.19. The standard InChI is InChI=1S/C10H22N2O2/c1-4-9(13)8(12-7(2)3)5-6-10(11)14/h7-8,10,12,14H,4-6,11H2,1-3H3/t8-,10?/m0/s1. The lowest BCUT2D eigenvalue weighted by atomic mass is 10.0. The van der Waals surface area contributed by atoms with Crippen LogP contribution in [0.1, 0.15) is 40.0 Å². The third kappa shape index (κ3) is 6.07.